The van der Waals surface area contributed by atoms with E-state index in [1.54, 1.807) is 18.2 Å². The SMILES string of the molecule is Cc1cc(NS(=O)c2cc(Cl)cc(Cl)c2)c(C)c(C(OC(C)(C)C)C(=O)O)c1-c1ccc2c(c1)CCCO2. The van der Waals surface area contributed by atoms with Crippen LogP contribution in [-0.4, -0.2) is 27.5 Å². The predicted octanol–water partition coefficient (Wildman–Crippen LogP) is 7.68. The smallest absolute Gasteiger partial charge is 0.337 e. The zero-order valence-corrected chi connectivity index (χ0v) is 24.3. The molecule has 0 amide bonds. The summed E-state index contributed by atoms with van der Waals surface area (Å²) in [5, 5.41) is 11.1. The minimum Gasteiger partial charge on any atom is -0.493 e. The Morgan fingerprint density at radius 1 is 1.11 bits per heavy atom. The van der Waals surface area contributed by atoms with Gasteiger partial charge >= 0.3 is 5.97 Å². The molecule has 3 aromatic carbocycles. The predicted molar refractivity (Wildman–Crippen MR) is 153 cm³/mol. The van der Waals surface area contributed by atoms with E-state index >= 15 is 0 Å². The zero-order valence-electron chi connectivity index (χ0n) is 22.0. The van der Waals surface area contributed by atoms with Gasteiger partial charge in [0.15, 0.2) is 6.10 Å². The van der Waals surface area contributed by atoms with Crippen LogP contribution in [0.25, 0.3) is 11.1 Å². The lowest BCUT2D eigenvalue weighted by Gasteiger charge is -2.30. The van der Waals surface area contributed by atoms with Crippen molar-refractivity contribution in [1.29, 1.82) is 0 Å². The van der Waals surface area contributed by atoms with Crippen molar-refractivity contribution in [2.75, 3.05) is 11.3 Å². The first kappa shape index (κ1) is 28.4. The van der Waals surface area contributed by atoms with Crippen LogP contribution < -0.4 is 9.46 Å². The maximum Gasteiger partial charge on any atom is 0.337 e. The fourth-order valence-corrected chi connectivity index (χ4v) is 6.31. The summed E-state index contributed by atoms with van der Waals surface area (Å²) < 4.78 is 28.2. The van der Waals surface area contributed by atoms with Crippen LogP contribution in [-0.2, 0) is 26.9 Å². The van der Waals surface area contributed by atoms with Crippen molar-refractivity contribution < 1.29 is 23.6 Å². The lowest BCUT2D eigenvalue weighted by molar-refractivity contribution is -0.160. The Labute approximate surface area is 235 Å². The molecule has 1 aliphatic heterocycles. The fourth-order valence-electron chi connectivity index (χ4n) is 4.66. The van der Waals surface area contributed by atoms with Crippen molar-refractivity contribution in [3.05, 3.63) is 74.8 Å². The molecule has 1 aliphatic rings. The number of ether oxygens (including phenoxy) is 2. The first-order chi connectivity index (χ1) is 17.8. The standard InChI is InChI=1S/C29H31Cl2NO5S/c1-16-11-23(32-38(35)22-14-20(30)13-21(31)15-22)17(2)26(27(28(33)34)37-29(3,4)5)25(16)19-8-9-24-18(12-19)7-6-10-36-24/h8-9,11-15,27,32H,6-7,10H2,1-5H3,(H,33,34). The van der Waals surface area contributed by atoms with Crippen LogP contribution in [0.1, 0.15) is 55.5 Å². The van der Waals surface area contributed by atoms with Gasteiger partial charge in [-0.1, -0.05) is 29.3 Å². The molecule has 2 atom stereocenters. The molecule has 0 aliphatic carbocycles. The third kappa shape index (κ3) is 6.34. The van der Waals surface area contributed by atoms with E-state index < -0.39 is 28.7 Å². The summed E-state index contributed by atoms with van der Waals surface area (Å²) in [4.78, 5) is 13.0. The number of nitrogens with one attached hydrogen (secondary N) is 1. The average Bonchev–Trinajstić information content (AvgIpc) is 2.83. The average molecular weight is 577 g/mol. The molecule has 2 N–H and O–H groups in total. The fraction of sp³-hybridized carbons (Fsp3) is 0.345. The quantitative estimate of drug-likeness (QED) is 0.302. The summed E-state index contributed by atoms with van der Waals surface area (Å²) in [6, 6.07) is 12.5. The largest absolute Gasteiger partial charge is 0.493 e. The van der Waals surface area contributed by atoms with Gasteiger partial charge in [-0.25, -0.2) is 9.00 Å². The summed E-state index contributed by atoms with van der Waals surface area (Å²) in [6.07, 6.45) is 0.554. The van der Waals surface area contributed by atoms with E-state index in [0.29, 0.717) is 38.4 Å². The van der Waals surface area contributed by atoms with E-state index in [9.17, 15) is 14.1 Å². The molecule has 4 rings (SSSR count). The lowest BCUT2D eigenvalue weighted by atomic mass is 9.86. The number of hydrogen-bond donors (Lipinski definition) is 2. The van der Waals surface area contributed by atoms with Crippen molar-refractivity contribution >= 4 is 45.8 Å². The third-order valence-corrected chi connectivity index (χ3v) is 7.75. The maximum atomic E-state index is 13.3. The third-order valence-electron chi connectivity index (χ3n) is 6.24. The Bertz CT molecular complexity index is 1400. The van der Waals surface area contributed by atoms with Gasteiger partial charge in [-0.2, -0.15) is 0 Å². The number of carboxylic acids is 1. The lowest BCUT2D eigenvalue weighted by Crippen LogP contribution is -2.28. The van der Waals surface area contributed by atoms with Gasteiger partial charge in [-0.3, -0.25) is 0 Å². The minimum atomic E-state index is -1.70. The molecule has 0 saturated heterocycles. The van der Waals surface area contributed by atoms with Crippen LogP contribution in [0, 0.1) is 13.8 Å². The van der Waals surface area contributed by atoms with Crippen LogP contribution in [0.2, 0.25) is 10.0 Å². The van der Waals surface area contributed by atoms with Crippen LogP contribution >= 0.6 is 23.2 Å². The number of carbonyl (C=O) groups is 1. The van der Waals surface area contributed by atoms with Gasteiger partial charge in [0.25, 0.3) is 0 Å². The first-order valence-electron chi connectivity index (χ1n) is 12.3. The highest BCUT2D eigenvalue weighted by atomic mass is 35.5. The molecule has 38 heavy (non-hydrogen) atoms. The Morgan fingerprint density at radius 3 is 2.42 bits per heavy atom. The summed E-state index contributed by atoms with van der Waals surface area (Å²) >= 11 is 12.2. The van der Waals surface area contributed by atoms with E-state index in [0.717, 1.165) is 40.8 Å². The highest BCUT2D eigenvalue weighted by molar-refractivity contribution is 7.86. The van der Waals surface area contributed by atoms with Gasteiger partial charge in [0, 0.05) is 15.6 Å². The number of aryl methyl sites for hydroxylation is 2. The van der Waals surface area contributed by atoms with Gasteiger partial charge < -0.3 is 19.3 Å². The minimum absolute atomic E-state index is 0.368. The highest BCUT2D eigenvalue weighted by Crippen LogP contribution is 2.42. The Kier molecular flexibility index (Phi) is 8.43. The van der Waals surface area contributed by atoms with Gasteiger partial charge in [0.05, 0.1) is 22.8 Å². The summed E-state index contributed by atoms with van der Waals surface area (Å²) in [5.74, 6) is -0.254. The number of fused-ring (bicyclic) bond motifs is 1. The molecule has 2 unspecified atom stereocenters. The molecule has 202 valence electrons. The van der Waals surface area contributed by atoms with E-state index in [4.69, 9.17) is 32.7 Å². The molecule has 3 aromatic rings. The molecule has 0 saturated carbocycles. The second kappa shape index (κ2) is 11.3. The van der Waals surface area contributed by atoms with Crippen LogP contribution in [0.4, 0.5) is 5.69 Å². The van der Waals surface area contributed by atoms with E-state index in [-0.39, 0.29) is 0 Å². The topological polar surface area (TPSA) is 84.9 Å². The number of aliphatic carboxylic acids is 1. The molecule has 6 nitrogen and oxygen atoms in total. The van der Waals surface area contributed by atoms with Crippen molar-refractivity contribution in [2.24, 2.45) is 0 Å². The molecule has 1 heterocycles. The van der Waals surface area contributed by atoms with Gasteiger partial charge in [-0.05, 0) is 112 Å². The molecule has 0 spiro atoms. The zero-order chi connectivity index (χ0) is 27.8. The Morgan fingerprint density at radius 2 is 1.79 bits per heavy atom. The number of benzene rings is 3. The number of carboxylic acid groups (broad SMARTS) is 1. The second-order valence-corrected chi connectivity index (χ2v) is 12.4. The van der Waals surface area contributed by atoms with E-state index in [2.05, 4.69) is 10.8 Å². The van der Waals surface area contributed by atoms with E-state index in [1.165, 1.54) is 0 Å². The molecule has 0 fully saturated rings. The van der Waals surface area contributed by atoms with Gasteiger partial charge in [-0.15, -0.1) is 0 Å². The normalized spacial score (nSPS) is 14.8. The van der Waals surface area contributed by atoms with Crippen molar-refractivity contribution in [3.63, 3.8) is 0 Å². The number of rotatable bonds is 7. The Balaban J connectivity index is 1.89. The van der Waals surface area contributed by atoms with Crippen LogP contribution in [0.5, 0.6) is 5.75 Å². The molecular weight excluding hydrogens is 545 g/mol. The second-order valence-electron chi connectivity index (χ2n) is 10.4. The first-order valence-corrected chi connectivity index (χ1v) is 14.2. The summed E-state index contributed by atoms with van der Waals surface area (Å²) in [5.41, 5.74) is 4.48. The van der Waals surface area contributed by atoms with Gasteiger partial charge in [0.2, 0.25) is 0 Å². The maximum absolute atomic E-state index is 13.3. The van der Waals surface area contributed by atoms with Crippen molar-refractivity contribution in [2.45, 2.75) is 64.1 Å². The molecule has 9 heteroatoms. The van der Waals surface area contributed by atoms with Crippen molar-refractivity contribution in [3.8, 4) is 16.9 Å². The Hall–Kier alpha value is -2.58. The van der Waals surface area contributed by atoms with Gasteiger partial charge in [0.1, 0.15) is 16.7 Å². The number of anilines is 1. The monoisotopic (exact) mass is 575 g/mol. The molecule has 0 radical (unpaired) electrons. The van der Waals surface area contributed by atoms with Crippen LogP contribution in [0.3, 0.4) is 0 Å². The molecular formula is C29H31Cl2NO5S. The molecule has 0 aromatic heterocycles. The summed E-state index contributed by atoms with van der Waals surface area (Å²) in [7, 11) is -1.70. The highest BCUT2D eigenvalue weighted by Gasteiger charge is 2.33. The van der Waals surface area contributed by atoms with Crippen LogP contribution in [0.15, 0.2) is 47.4 Å². The molecule has 0 bridgehead atoms. The van der Waals surface area contributed by atoms with Crippen molar-refractivity contribution in [1.82, 2.24) is 0 Å². The number of hydrogen-bond acceptors (Lipinski definition) is 4. The summed E-state index contributed by atoms with van der Waals surface area (Å²) in [6.45, 7) is 9.87. The number of halogens is 2. The van der Waals surface area contributed by atoms with E-state index in [1.807, 2.05) is 52.8 Å².